The molecule has 0 fully saturated rings. The highest BCUT2D eigenvalue weighted by Gasteiger charge is 2.17. The van der Waals surface area contributed by atoms with Crippen molar-refractivity contribution in [2.75, 3.05) is 79.8 Å². The van der Waals surface area contributed by atoms with Crippen LogP contribution in [0.3, 0.4) is 0 Å². The number of para-hydroxylation sites is 2. The number of benzene rings is 2. The largest absolute Gasteiger partial charge is 0.494 e. The summed E-state index contributed by atoms with van der Waals surface area (Å²) >= 11 is 8.04. The Bertz CT molecular complexity index is 1310. The van der Waals surface area contributed by atoms with Gasteiger partial charge in [-0.15, -0.1) is 0 Å². The van der Waals surface area contributed by atoms with E-state index in [2.05, 4.69) is 42.3 Å². The first-order chi connectivity index (χ1) is 18.7. The van der Waals surface area contributed by atoms with Crippen molar-refractivity contribution in [2.24, 2.45) is 0 Å². The number of likely N-dealkylation sites (N-methyl/N-ethyl adjacent to an activating group) is 2. The van der Waals surface area contributed by atoms with Gasteiger partial charge < -0.3 is 34.8 Å². The van der Waals surface area contributed by atoms with Gasteiger partial charge in [0.05, 0.1) is 41.7 Å². The molecular weight excluding hydrogens is 536 g/mol. The molecule has 1 heterocycles. The van der Waals surface area contributed by atoms with E-state index >= 15 is 0 Å². The molecule has 0 atom stereocenters. The predicted molar refractivity (Wildman–Crippen MR) is 166 cm³/mol. The van der Waals surface area contributed by atoms with E-state index in [9.17, 15) is 4.79 Å². The van der Waals surface area contributed by atoms with E-state index in [1.54, 1.807) is 25.1 Å². The molecule has 0 spiro atoms. The molecule has 1 amide bonds. The summed E-state index contributed by atoms with van der Waals surface area (Å²) < 4.78 is 7.73. The van der Waals surface area contributed by atoms with Crippen LogP contribution in [0, 0.1) is 0 Å². The lowest BCUT2D eigenvalue weighted by Crippen LogP contribution is -2.29. The number of rotatable bonds is 13. The first-order valence-corrected chi connectivity index (χ1v) is 13.7. The number of ether oxygens (including phenoxy) is 1. The number of carbonyl (C=O) groups is 1. The third kappa shape index (κ3) is 7.92. The monoisotopic (exact) mass is 570 g/mol. The molecule has 10 nitrogen and oxygen atoms in total. The highest BCUT2D eigenvalue weighted by molar-refractivity contribution is 7.99. The fourth-order valence-corrected chi connectivity index (χ4v) is 4.12. The Morgan fingerprint density at radius 3 is 2.49 bits per heavy atom. The number of anilines is 7. The van der Waals surface area contributed by atoms with Crippen molar-refractivity contribution in [3.8, 4) is 5.75 Å². The summed E-state index contributed by atoms with van der Waals surface area (Å²) in [4.78, 5) is 25.3. The maximum atomic E-state index is 12.2. The molecule has 0 unspecified atom stereocenters. The first-order valence-electron chi connectivity index (χ1n) is 12.1. The standard InChI is InChI=1S/C27H35ClN8O2S/c1-8-25(37)30-20-15-21(24(38-6)16-23(20)35(4)14-13-34(2)3)32-27-29-17-18(28)26(33-27)31-19-11-9-10-12-22(19)36(5)39-7/h8-12,15-17H,1,13-14H2,2-7H3,(H,30,37)(H2,29,31,32,33). The highest BCUT2D eigenvalue weighted by Crippen LogP contribution is 2.38. The second-order valence-corrected chi connectivity index (χ2v) is 10.1. The quantitative estimate of drug-likeness (QED) is 0.181. The van der Waals surface area contributed by atoms with Crippen LogP contribution < -0.4 is 29.9 Å². The van der Waals surface area contributed by atoms with Crippen LogP contribution in [0.25, 0.3) is 0 Å². The Morgan fingerprint density at radius 2 is 1.82 bits per heavy atom. The first kappa shape index (κ1) is 29.9. The van der Waals surface area contributed by atoms with Gasteiger partial charge in [-0.25, -0.2) is 4.98 Å². The average Bonchev–Trinajstić information content (AvgIpc) is 2.93. The minimum absolute atomic E-state index is 0.297. The van der Waals surface area contributed by atoms with Crippen LogP contribution in [-0.4, -0.2) is 75.4 Å². The molecule has 0 saturated carbocycles. The molecule has 3 aromatic rings. The normalized spacial score (nSPS) is 10.7. The Kier molecular flexibility index (Phi) is 10.7. The minimum Gasteiger partial charge on any atom is -0.494 e. The lowest BCUT2D eigenvalue weighted by molar-refractivity contribution is -0.111. The molecule has 2 aromatic carbocycles. The van der Waals surface area contributed by atoms with Crippen LogP contribution >= 0.6 is 23.5 Å². The van der Waals surface area contributed by atoms with Crippen molar-refractivity contribution in [2.45, 2.75) is 0 Å². The number of halogens is 1. The molecule has 39 heavy (non-hydrogen) atoms. The SMILES string of the molecule is C=CC(=O)Nc1cc(Nc2ncc(Cl)c(Nc3ccccc3N(C)SC)n2)c(OC)cc1N(C)CCN(C)C. The third-order valence-electron chi connectivity index (χ3n) is 5.82. The van der Waals surface area contributed by atoms with Gasteiger partial charge in [-0.3, -0.25) is 4.79 Å². The van der Waals surface area contributed by atoms with Crippen LogP contribution in [0.2, 0.25) is 5.02 Å². The summed E-state index contributed by atoms with van der Waals surface area (Å²) in [5.74, 6) is 0.968. The number of carbonyl (C=O) groups excluding carboxylic acids is 1. The van der Waals surface area contributed by atoms with Crippen molar-refractivity contribution in [1.82, 2.24) is 14.9 Å². The van der Waals surface area contributed by atoms with Gasteiger partial charge in [0.25, 0.3) is 0 Å². The molecular formula is C27H35ClN8O2S. The van der Waals surface area contributed by atoms with Crippen molar-refractivity contribution in [3.63, 3.8) is 0 Å². The predicted octanol–water partition coefficient (Wildman–Crippen LogP) is 5.46. The van der Waals surface area contributed by atoms with Crippen molar-refractivity contribution in [1.29, 1.82) is 0 Å². The summed E-state index contributed by atoms with van der Waals surface area (Å²) in [7, 11) is 9.55. The number of amides is 1. The molecule has 0 saturated heterocycles. The second kappa shape index (κ2) is 13.9. The van der Waals surface area contributed by atoms with E-state index in [1.165, 1.54) is 12.3 Å². The van der Waals surface area contributed by atoms with Crippen molar-refractivity contribution in [3.05, 3.63) is 60.3 Å². The number of nitrogens with zero attached hydrogens (tertiary/aromatic N) is 5. The van der Waals surface area contributed by atoms with Gasteiger partial charge in [0.15, 0.2) is 5.82 Å². The topological polar surface area (TPSA) is 97.9 Å². The number of hydrogen-bond donors (Lipinski definition) is 3. The minimum atomic E-state index is -0.323. The van der Waals surface area contributed by atoms with Crippen molar-refractivity contribution < 1.29 is 9.53 Å². The Hall–Kier alpha value is -3.67. The molecule has 1 aromatic heterocycles. The number of aromatic nitrogens is 2. The van der Waals surface area contributed by atoms with Gasteiger partial charge in [-0.05, 0) is 38.4 Å². The maximum absolute atomic E-state index is 12.2. The molecule has 208 valence electrons. The maximum Gasteiger partial charge on any atom is 0.247 e. The lowest BCUT2D eigenvalue weighted by Gasteiger charge is -2.26. The summed E-state index contributed by atoms with van der Waals surface area (Å²) in [6.07, 6.45) is 4.75. The summed E-state index contributed by atoms with van der Waals surface area (Å²) in [6.45, 7) is 5.14. The van der Waals surface area contributed by atoms with E-state index in [4.69, 9.17) is 16.3 Å². The second-order valence-electron chi connectivity index (χ2n) is 8.83. The zero-order chi connectivity index (χ0) is 28.5. The molecule has 0 aliphatic rings. The number of methoxy groups -OCH3 is 1. The molecule has 12 heteroatoms. The zero-order valence-electron chi connectivity index (χ0n) is 23.1. The highest BCUT2D eigenvalue weighted by atomic mass is 35.5. The van der Waals surface area contributed by atoms with Gasteiger partial charge in [-0.2, -0.15) is 4.98 Å². The van der Waals surface area contributed by atoms with Crippen LogP contribution in [0.1, 0.15) is 0 Å². The van der Waals surface area contributed by atoms with Gasteiger partial charge in [-0.1, -0.05) is 42.3 Å². The fraction of sp³-hybridized carbons (Fsp3) is 0.296. The van der Waals surface area contributed by atoms with E-state index in [1.807, 2.05) is 69.1 Å². The Morgan fingerprint density at radius 1 is 1.08 bits per heavy atom. The van der Waals surface area contributed by atoms with Gasteiger partial charge in [0.1, 0.15) is 10.8 Å². The molecule has 0 bridgehead atoms. The van der Waals surface area contributed by atoms with Crippen LogP contribution in [0.5, 0.6) is 5.75 Å². The average molecular weight is 571 g/mol. The van der Waals surface area contributed by atoms with E-state index in [0.717, 1.165) is 30.2 Å². The smallest absolute Gasteiger partial charge is 0.247 e. The molecule has 0 aliphatic heterocycles. The molecule has 0 radical (unpaired) electrons. The number of nitrogens with one attached hydrogen (secondary N) is 3. The Balaban J connectivity index is 1.97. The fourth-order valence-electron chi connectivity index (χ4n) is 3.62. The van der Waals surface area contributed by atoms with Gasteiger partial charge >= 0.3 is 0 Å². The lowest BCUT2D eigenvalue weighted by atomic mass is 10.2. The Labute approximate surface area is 239 Å². The van der Waals surface area contributed by atoms with Crippen molar-refractivity contribution >= 4 is 69.7 Å². The van der Waals surface area contributed by atoms with E-state index < -0.39 is 0 Å². The molecule has 3 N–H and O–H groups in total. The molecule has 0 aliphatic carbocycles. The van der Waals surface area contributed by atoms with Crippen LogP contribution in [0.15, 0.2) is 55.3 Å². The number of hydrogen-bond acceptors (Lipinski definition) is 10. The van der Waals surface area contributed by atoms with Crippen LogP contribution in [-0.2, 0) is 4.79 Å². The van der Waals surface area contributed by atoms with Gasteiger partial charge in [0, 0.05) is 39.5 Å². The third-order valence-corrected chi connectivity index (χ3v) is 6.84. The summed E-state index contributed by atoms with van der Waals surface area (Å²) in [5, 5.41) is 9.78. The van der Waals surface area contributed by atoms with Gasteiger partial charge in [0.2, 0.25) is 11.9 Å². The molecule has 3 rings (SSSR count). The van der Waals surface area contributed by atoms with E-state index in [0.29, 0.717) is 33.9 Å². The summed E-state index contributed by atoms with van der Waals surface area (Å²) in [6, 6.07) is 11.5. The van der Waals surface area contributed by atoms with Crippen LogP contribution in [0.4, 0.5) is 40.2 Å². The summed E-state index contributed by atoms with van der Waals surface area (Å²) in [5.41, 5.74) is 3.78. The van der Waals surface area contributed by atoms with E-state index in [-0.39, 0.29) is 5.91 Å². The zero-order valence-corrected chi connectivity index (χ0v) is 24.7.